The third kappa shape index (κ3) is 3.95. The Morgan fingerprint density at radius 3 is 2.71 bits per heavy atom. The Bertz CT molecular complexity index is 685. The van der Waals surface area contributed by atoms with Crippen LogP contribution in [0.3, 0.4) is 0 Å². The first-order valence-corrected chi connectivity index (χ1v) is 11.8. The summed E-state index contributed by atoms with van der Waals surface area (Å²) in [6.07, 6.45) is 19.4. The average molecular weight is 383 g/mol. The number of carbonyl (C=O) groups excluding carboxylic acids is 1. The van der Waals surface area contributed by atoms with Gasteiger partial charge in [0.2, 0.25) is 0 Å². The number of aliphatic hydroxyl groups is 1. The highest BCUT2D eigenvalue weighted by Crippen LogP contribution is 2.59. The number of hydrogen-bond donors (Lipinski definition) is 1. The minimum absolute atomic E-state index is 0.339. The van der Waals surface area contributed by atoms with Gasteiger partial charge in [-0.05, 0) is 105 Å². The zero-order chi connectivity index (χ0) is 19.7. The molecule has 0 spiro atoms. The van der Waals surface area contributed by atoms with E-state index in [4.69, 9.17) is 0 Å². The van der Waals surface area contributed by atoms with Crippen LogP contribution in [0.1, 0.15) is 90.4 Å². The lowest BCUT2D eigenvalue weighted by Crippen LogP contribution is -2.33. The van der Waals surface area contributed by atoms with E-state index in [0.717, 1.165) is 55.9 Å². The van der Waals surface area contributed by atoms with E-state index in [0.29, 0.717) is 17.1 Å². The lowest BCUT2D eigenvalue weighted by Gasteiger charge is -2.42. The molecular formula is C26H38O2. The molecule has 0 saturated heterocycles. The molecule has 1 N–H and O–H groups in total. The van der Waals surface area contributed by atoms with Crippen molar-refractivity contribution in [2.45, 2.75) is 96.5 Å². The summed E-state index contributed by atoms with van der Waals surface area (Å²) in [5.41, 5.74) is 4.30. The van der Waals surface area contributed by atoms with E-state index in [-0.39, 0.29) is 6.10 Å². The zero-order valence-corrected chi connectivity index (χ0v) is 17.7. The Kier molecular flexibility index (Phi) is 5.97. The van der Waals surface area contributed by atoms with Crippen molar-refractivity contribution >= 4 is 5.78 Å². The molecule has 28 heavy (non-hydrogen) atoms. The third-order valence-electron chi connectivity index (χ3n) is 8.67. The zero-order valence-electron chi connectivity index (χ0n) is 17.7. The maximum absolute atomic E-state index is 11.6. The molecule has 4 fully saturated rings. The number of hydrogen-bond acceptors (Lipinski definition) is 2. The Morgan fingerprint density at radius 2 is 1.93 bits per heavy atom. The van der Waals surface area contributed by atoms with Gasteiger partial charge in [0.05, 0.1) is 6.10 Å². The minimum atomic E-state index is -0.339. The molecule has 2 heteroatoms. The number of rotatable bonds is 4. The van der Waals surface area contributed by atoms with Crippen LogP contribution in [-0.2, 0) is 4.79 Å². The van der Waals surface area contributed by atoms with Gasteiger partial charge in [-0.25, -0.2) is 0 Å². The second-order valence-corrected chi connectivity index (χ2v) is 10.3. The van der Waals surface area contributed by atoms with Gasteiger partial charge in [-0.1, -0.05) is 31.2 Å². The molecule has 2 nitrogen and oxygen atoms in total. The fraction of sp³-hybridized carbons (Fsp3) is 0.731. The molecule has 5 atom stereocenters. The molecule has 4 aliphatic rings. The van der Waals surface area contributed by atoms with Crippen molar-refractivity contribution in [3.05, 3.63) is 35.5 Å². The van der Waals surface area contributed by atoms with Crippen molar-refractivity contribution in [3.8, 4) is 0 Å². The highest BCUT2D eigenvalue weighted by atomic mass is 16.3. The SMILES string of the molecule is C=C1/C(=C\C=C2/CCCC3(C)C(CCC4CCC(=O)C4)CCC23)CCCC1O. The van der Waals surface area contributed by atoms with Crippen LogP contribution in [0.2, 0.25) is 0 Å². The molecule has 0 aromatic heterocycles. The largest absolute Gasteiger partial charge is 0.388 e. The van der Waals surface area contributed by atoms with Gasteiger partial charge in [0.15, 0.2) is 0 Å². The van der Waals surface area contributed by atoms with Gasteiger partial charge >= 0.3 is 0 Å². The van der Waals surface area contributed by atoms with E-state index in [9.17, 15) is 9.90 Å². The quantitative estimate of drug-likeness (QED) is 0.619. The standard InChI is InChI=1S/C26H38O2/c1-18-20(5-3-7-25(18)28)10-11-21-6-4-16-26(2)22(13-15-24(21)26)12-8-19-9-14-23(27)17-19/h10-11,19,22,24-25,28H,1,3-9,12-17H2,2H3/b20-10-,21-11+. The summed E-state index contributed by atoms with van der Waals surface area (Å²) in [4.78, 5) is 11.6. The molecule has 4 aliphatic carbocycles. The number of aliphatic hydroxyl groups excluding tert-OH is 1. The summed E-state index contributed by atoms with van der Waals surface area (Å²) in [5.74, 6) is 2.72. The lowest BCUT2D eigenvalue weighted by molar-refractivity contribution is -0.117. The third-order valence-corrected chi connectivity index (χ3v) is 8.67. The Hall–Kier alpha value is -1.15. The number of fused-ring (bicyclic) bond motifs is 1. The highest BCUT2D eigenvalue weighted by Gasteiger charge is 2.48. The van der Waals surface area contributed by atoms with Crippen LogP contribution >= 0.6 is 0 Å². The van der Waals surface area contributed by atoms with E-state index in [1.165, 1.54) is 50.5 Å². The molecule has 4 rings (SSSR count). The maximum atomic E-state index is 11.6. The van der Waals surface area contributed by atoms with Gasteiger partial charge in [-0.3, -0.25) is 4.79 Å². The van der Waals surface area contributed by atoms with Crippen molar-refractivity contribution in [3.63, 3.8) is 0 Å². The van der Waals surface area contributed by atoms with Crippen LogP contribution in [0.25, 0.3) is 0 Å². The van der Waals surface area contributed by atoms with Crippen molar-refractivity contribution in [1.82, 2.24) is 0 Å². The van der Waals surface area contributed by atoms with Gasteiger partial charge in [0, 0.05) is 12.8 Å². The Labute approximate surface area is 171 Å². The smallest absolute Gasteiger partial charge is 0.133 e. The molecule has 0 bridgehead atoms. The Morgan fingerprint density at radius 1 is 1.07 bits per heavy atom. The first kappa shape index (κ1) is 20.1. The normalized spacial score (nSPS) is 41.8. The van der Waals surface area contributed by atoms with Crippen LogP contribution in [0, 0.1) is 23.2 Å². The first-order valence-electron chi connectivity index (χ1n) is 11.8. The summed E-state index contributed by atoms with van der Waals surface area (Å²) < 4.78 is 0. The first-order chi connectivity index (χ1) is 13.5. The van der Waals surface area contributed by atoms with Crippen LogP contribution in [0.15, 0.2) is 35.5 Å². The predicted octanol–water partition coefficient (Wildman–Crippen LogP) is 6.31. The van der Waals surface area contributed by atoms with Crippen molar-refractivity contribution in [1.29, 1.82) is 0 Å². The van der Waals surface area contributed by atoms with Crippen LogP contribution in [-0.4, -0.2) is 17.0 Å². The monoisotopic (exact) mass is 382 g/mol. The second-order valence-electron chi connectivity index (χ2n) is 10.3. The van der Waals surface area contributed by atoms with E-state index in [1.807, 2.05) is 0 Å². The van der Waals surface area contributed by atoms with Crippen molar-refractivity contribution in [2.24, 2.45) is 23.2 Å². The fourth-order valence-corrected chi connectivity index (χ4v) is 6.83. The van der Waals surface area contributed by atoms with Crippen LogP contribution in [0.4, 0.5) is 0 Å². The fourth-order valence-electron chi connectivity index (χ4n) is 6.83. The summed E-state index contributed by atoms with van der Waals surface area (Å²) in [5, 5.41) is 10.1. The van der Waals surface area contributed by atoms with E-state index in [1.54, 1.807) is 5.57 Å². The molecule has 0 heterocycles. The molecule has 0 aromatic rings. The van der Waals surface area contributed by atoms with E-state index in [2.05, 4.69) is 25.7 Å². The summed E-state index contributed by atoms with van der Waals surface area (Å²) in [7, 11) is 0. The van der Waals surface area contributed by atoms with Gasteiger partial charge in [0.1, 0.15) is 5.78 Å². The average Bonchev–Trinajstić information content (AvgIpc) is 3.24. The number of ketones is 1. The number of Topliss-reactive ketones (excluding diaryl/α,β-unsaturated/α-hetero) is 1. The summed E-state index contributed by atoms with van der Waals surface area (Å²) in [6, 6.07) is 0. The predicted molar refractivity (Wildman–Crippen MR) is 115 cm³/mol. The number of carbonyl (C=O) groups is 1. The number of allylic oxidation sites excluding steroid dienone is 3. The minimum Gasteiger partial charge on any atom is -0.388 e. The van der Waals surface area contributed by atoms with Crippen LogP contribution in [0.5, 0.6) is 0 Å². The summed E-state index contributed by atoms with van der Waals surface area (Å²) >= 11 is 0. The highest BCUT2D eigenvalue weighted by molar-refractivity contribution is 5.80. The molecule has 0 aromatic carbocycles. The molecule has 154 valence electrons. The van der Waals surface area contributed by atoms with Crippen molar-refractivity contribution < 1.29 is 9.90 Å². The summed E-state index contributed by atoms with van der Waals surface area (Å²) in [6.45, 7) is 6.68. The van der Waals surface area contributed by atoms with Crippen molar-refractivity contribution in [2.75, 3.05) is 0 Å². The van der Waals surface area contributed by atoms with Gasteiger partial charge in [0.25, 0.3) is 0 Å². The second kappa shape index (κ2) is 8.30. The molecule has 0 radical (unpaired) electrons. The topological polar surface area (TPSA) is 37.3 Å². The molecule has 5 unspecified atom stereocenters. The van der Waals surface area contributed by atoms with Crippen LogP contribution < -0.4 is 0 Å². The maximum Gasteiger partial charge on any atom is 0.133 e. The Balaban J connectivity index is 1.43. The van der Waals surface area contributed by atoms with E-state index >= 15 is 0 Å². The molecule has 4 saturated carbocycles. The lowest BCUT2D eigenvalue weighted by atomic mass is 9.62. The molecule has 0 amide bonds. The molecule has 0 aliphatic heterocycles. The van der Waals surface area contributed by atoms with Gasteiger partial charge < -0.3 is 5.11 Å². The molecular weight excluding hydrogens is 344 g/mol. The van der Waals surface area contributed by atoms with E-state index < -0.39 is 0 Å². The van der Waals surface area contributed by atoms with Gasteiger partial charge in [-0.2, -0.15) is 0 Å². The van der Waals surface area contributed by atoms with Gasteiger partial charge in [-0.15, -0.1) is 0 Å².